The molecule has 2 aromatic carbocycles. The van der Waals surface area contributed by atoms with Gasteiger partial charge >= 0.3 is 0 Å². The fraction of sp³-hybridized carbons (Fsp3) is 0.409. The molecule has 0 amide bonds. The second-order valence-electron chi connectivity index (χ2n) is 6.34. The number of benzene rings is 2. The monoisotopic (exact) mass is 390 g/mol. The van der Waals surface area contributed by atoms with Gasteiger partial charge in [0.15, 0.2) is 0 Å². The first kappa shape index (κ1) is 20.9. The third-order valence-corrected chi connectivity index (χ3v) is 5.31. The van der Waals surface area contributed by atoms with E-state index in [1.54, 1.807) is 12.1 Å². The topological polar surface area (TPSA) is 26.3 Å². The number of rotatable bonds is 11. The lowest BCUT2D eigenvalue weighted by Crippen LogP contribution is -1.98. The van der Waals surface area contributed by atoms with Gasteiger partial charge in [-0.2, -0.15) is 0 Å². The van der Waals surface area contributed by atoms with E-state index in [2.05, 4.69) is 6.92 Å². The summed E-state index contributed by atoms with van der Waals surface area (Å²) in [6.07, 6.45) is 8.91. The van der Waals surface area contributed by atoms with Gasteiger partial charge in [0.1, 0.15) is 5.75 Å². The van der Waals surface area contributed by atoms with E-state index in [1.165, 1.54) is 50.3 Å². The first-order valence-corrected chi connectivity index (χ1v) is 10.6. The van der Waals surface area contributed by atoms with E-state index in [9.17, 15) is 4.79 Å². The van der Waals surface area contributed by atoms with E-state index < -0.39 is 0 Å². The van der Waals surface area contributed by atoms with Crippen molar-refractivity contribution in [3.8, 4) is 5.75 Å². The van der Waals surface area contributed by atoms with Crippen LogP contribution in [0.3, 0.4) is 0 Å². The number of unbranched alkanes of at least 4 members (excludes halogenated alkanes) is 6. The summed E-state index contributed by atoms with van der Waals surface area (Å²) in [5.74, 6) is 0.823. The fourth-order valence-electron chi connectivity index (χ4n) is 2.61. The van der Waals surface area contributed by atoms with E-state index in [4.69, 9.17) is 16.3 Å². The van der Waals surface area contributed by atoms with Gasteiger partial charge in [-0.1, -0.05) is 57.0 Å². The largest absolute Gasteiger partial charge is 0.494 e. The van der Waals surface area contributed by atoms with Crippen molar-refractivity contribution in [1.82, 2.24) is 0 Å². The second kappa shape index (κ2) is 12.0. The Morgan fingerprint density at radius 2 is 1.50 bits per heavy atom. The molecule has 0 radical (unpaired) electrons. The molecular weight excluding hydrogens is 364 g/mol. The van der Waals surface area contributed by atoms with E-state index >= 15 is 0 Å². The zero-order valence-electron chi connectivity index (χ0n) is 15.4. The normalized spacial score (nSPS) is 10.7. The molecule has 0 N–H and O–H groups in total. The van der Waals surface area contributed by atoms with Gasteiger partial charge in [-0.15, -0.1) is 0 Å². The quantitative estimate of drug-likeness (QED) is 0.295. The smallest absolute Gasteiger partial charge is 0.224 e. The average Bonchev–Trinajstić information content (AvgIpc) is 2.66. The number of carbonyl (C=O) groups excluding carboxylic acids is 1. The van der Waals surface area contributed by atoms with Crippen LogP contribution in [-0.4, -0.2) is 11.7 Å². The number of carbonyl (C=O) groups is 1. The summed E-state index contributed by atoms with van der Waals surface area (Å²) in [5.41, 5.74) is 0.674. The third kappa shape index (κ3) is 7.84. The van der Waals surface area contributed by atoms with Crippen LogP contribution in [0.4, 0.5) is 0 Å². The van der Waals surface area contributed by atoms with Crippen LogP contribution in [0.5, 0.6) is 5.75 Å². The molecule has 140 valence electrons. The van der Waals surface area contributed by atoms with Crippen molar-refractivity contribution in [2.24, 2.45) is 0 Å². The van der Waals surface area contributed by atoms with Gasteiger partial charge < -0.3 is 4.74 Å². The number of halogens is 1. The minimum absolute atomic E-state index is 0.0194. The standard InChI is InChI=1S/C22H27ClO2S/c1-2-3-4-5-6-7-8-17-25-20-13-9-18(10-14-20)22(24)26-21-15-11-19(23)12-16-21/h9-16H,2-8,17H2,1H3. The Morgan fingerprint density at radius 1 is 0.885 bits per heavy atom. The molecule has 0 bridgehead atoms. The highest BCUT2D eigenvalue weighted by Gasteiger charge is 2.08. The number of hydrogen-bond donors (Lipinski definition) is 0. The van der Waals surface area contributed by atoms with Crippen LogP contribution in [0, 0.1) is 0 Å². The van der Waals surface area contributed by atoms with E-state index in [1.807, 2.05) is 36.4 Å². The molecule has 0 atom stereocenters. The Bertz CT molecular complexity index is 653. The lowest BCUT2D eigenvalue weighted by Gasteiger charge is -2.07. The van der Waals surface area contributed by atoms with Gasteiger partial charge in [0.25, 0.3) is 0 Å². The lowest BCUT2D eigenvalue weighted by atomic mass is 10.1. The van der Waals surface area contributed by atoms with Gasteiger partial charge in [-0.3, -0.25) is 4.79 Å². The maximum atomic E-state index is 12.3. The van der Waals surface area contributed by atoms with Gasteiger partial charge in [0, 0.05) is 15.5 Å². The molecular formula is C22H27ClO2S. The zero-order valence-corrected chi connectivity index (χ0v) is 17.0. The molecule has 4 heteroatoms. The molecule has 0 fully saturated rings. The average molecular weight is 391 g/mol. The van der Waals surface area contributed by atoms with Gasteiger partial charge in [0.05, 0.1) is 6.61 Å². The van der Waals surface area contributed by atoms with E-state index in [0.29, 0.717) is 10.6 Å². The third-order valence-electron chi connectivity index (χ3n) is 4.13. The van der Waals surface area contributed by atoms with Crippen LogP contribution >= 0.6 is 23.4 Å². The van der Waals surface area contributed by atoms with Gasteiger partial charge in [-0.05, 0) is 66.7 Å². The Morgan fingerprint density at radius 3 is 2.15 bits per heavy atom. The predicted molar refractivity (Wildman–Crippen MR) is 112 cm³/mol. The second-order valence-corrected chi connectivity index (χ2v) is 7.82. The van der Waals surface area contributed by atoms with E-state index in [0.717, 1.165) is 23.7 Å². The maximum Gasteiger partial charge on any atom is 0.224 e. The molecule has 0 heterocycles. The van der Waals surface area contributed by atoms with Crippen molar-refractivity contribution in [2.75, 3.05) is 6.61 Å². The minimum Gasteiger partial charge on any atom is -0.494 e. The number of hydrogen-bond acceptors (Lipinski definition) is 3. The highest BCUT2D eigenvalue weighted by molar-refractivity contribution is 8.14. The van der Waals surface area contributed by atoms with Crippen LogP contribution in [-0.2, 0) is 0 Å². The molecule has 2 rings (SSSR count). The van der Waals surface area contributed by atoms with Crippen molar-refractivity contribution in [3.05, 3.63) is 59.1 Å². The Balaban J connectivity index is 1.68. The van der Waals surface area contributed by atoms with Crippen molar-refractivity contribution in [2.45, 2.75) is 56.8 Å². The van der Waals surface area contributed by atoms with Crippen LogP contribution in [0.2, 0.25) is 5.02 Å². The molecule has 2 aromatic rings. The molecule has 0 saturated carbocycles. The number of thioether (sulfide) groups is 1. The molecule has 0 unspecified atom stereocenters. The summed E-state index contributed by atoms with van der Waals surface area (Å²) in [6, 6.07) is 14.7. The van der Waals surface area contributed by atoms with E-state index in [-0.39, 0.29) is 5.12 Å². The summed E-state index contributed by atoms with van der Waals surface area (Å²) >= 11 is 7.07. The maximum absolute atomic E-state index is 12.3. The van der Waals surface area contributed by atoms with Crippen LogP contribution < -0.4 is 4.74 Å². The summed E-state index contributed by atoms with van der Waals surface area (Å²) in [4.78, 5) is 13.2. The minimum atomic E-state index is 0.0194. The first-order valence-electron chi connectivity index (χ1n) is 9.39. The molecule has 26 heavy (non-hydrogen) atoms. The van der Waals surface area contributed by atoms with Crippen molar-refractivity contribution in [3.63, 3.8) is 0 Å². The SMILES string of the molecule is CCCCCCCCCOc1ccc(C(=O)Sc2ccc(Cl)cc2)cc1. The lowest BCUT2D eigenvalue weighted by molar-refractivity contribution is 0.108. The number of ether oxygens (including phenoxy) is 1. The molecule has 0 aliphatic rings. The Labute approximate surface area is 166 Å². The molecule has 2 nitrogen and oxygen atoms in total. The van der Waals surface area contributed by atoms with Crippen molar-refractivity contribution in [1.29, 1.82) is 0 Å². The van der Waals surface area contributed by atoms with Gasteiger partial charge in [-0.25, -0.2) is 0 Å². The molecule has 0 aromatic heterocycles. The zero-order chi connectivity index (χ0) is 18.6. The van der Waals surface area contributed by atoms with Gasteiger partial charge in [0.2, 0.25) is 5.12 Å². The molecule has 0 spiro atoms. The molecule has 0 aliphatic carbocycles. The summed E-state index contributed by atoms with van der Waals surface area (Å²) in [7, 11) is 0. The Kier molecular flexibility index (Phi) is 9.65. The highest BCUT2D eigenvalue weighted by Crippen LogP contribution is 2.25. The van der Waals surface area contributed by atoms with Crippen LogP contribution in [0.25, 0.3) is 0 Å². The highest BCUT2D eigenvalue weighted by atomic mass is 35.5. The van der Waals surface area contributed by atoms with Crippen molar-refractivity contribution < 1.29 is 9.53 Å². The Hall–Kier alpha value is -1.45. The van der Waals surface area contributed by atoms with Crippen LogP contribution in [0.15, 0.2) is 53.4 Å². The van der Waals surface area contributed by atoms with Crippen molar-refractivity contribution >= 4 is 28.5 Å². The molecule has 0 aliphatic heterocycles. The molecule has 0 saturated heterocycles. The fourth-order valence-corrected chi connectivity index (χ4v) is 3.47. The summed E-state index contributed by atoms with van der Waals surface area (Å²) in [5, 5.41) is 0.690. The summed E-state index contributed by atoms with van der Waals surface area (Å²) < 4.78 is 5.77. The predicted octanol–water partition coefficient (Wildman–Crippen LogP) is 7.40. The van der Waals surface area contributed by atoms with Crippen LogP contribution in [0.1, 0.15) is 62.2 Å². The first-order chi connectivity index (χ1) is 12.7. The summed E-state index contributed by atoms with van der Waals surface area (Å²) in [6.45, 7) is 2.98.